The molecule has 1 aromatic carbocycles. The van der Waals surface area contributed by atoms with Crippen molar-refractivity contribution in [1.82, 2.24) is 10.6 Å². The minimum absolute atomic E-state index is 0.0754. The molecule has 22 heavy (non-hydrogen) atoms. The zero-order valence-electron chi connectivity index (χ0n) is 12.9. The summed E-state index contributed by atoms with van der Waals surface area (Å²) in [6.07, 6.45) is 0.992. The summed E-state index contributed by atoms with van der Waals surface area (Å²) in [5.41, 5.74) is 6.85. The predicted octanol–water partition coefficient (Wildman–Crippen LogP) is 0.0123. The van der Waals surface area contributed by atoms with E-state index in [1.54, 1.807) is 0 Å². The maximum Gasteiger partial charge on any atom is 0.243 e. The van der Waals surface area contributed by atoms with Gasteiger partial charge >= 0.3 is 0 Å². The van der Waals surface area contributed by atoms with E-state index < -0.39 is 12.1 Å². The first-order valence-electron chi connectivity index (χ1n) is 7.27. The van der Waals surface area contributed by atoms with E-state index in [2.05, 4.69) is 10.6 Å². The monoisotopic (exact) mass is 305 g/mol. The van der Waals surface area contributed by atoms with Gasteiger partial charge in [0, 0.05) is 0 Å². The number of aldehydes is 1. The summed E-state index contributed by atoms with van der Waals surface area (Å²) in [6, 6.07) is 7.99. The van der Waals surface area contributed by atoms with Crippen LogP contribution in [0.2, 0.25) is 0 Å². The highest BCUT2D eigenvalue weighted by molar-refractivity contribution is 5.90. The number of carbonyl (C=O) groups excluding carboxylic acids is 3. The molecule has 0 aromatic heterocycles. The van der Waals surface area contributed by atoms with Gasteiger partial charge in [0.15, 0.2) is 0 Å². The lowest BCUT2D eigenvalue weighted by atomic mass is 10.0. The molecule has 0 bridgehead atoms. The molecule has 0 aliphatic rings. The van der Waals surface area contributed by atoms with Crippen LogP contribution in [0.15, 0.2) is 30.3 Å². The molecule has 1 aromatic rings. The number of carbonyl (C=O) groups is 3. The molecule has 2 unspecified atom stereocenters. The largest absolute Gasteiger partial charge is 0.348 e. The van der Waals surface area contributed by atoms with Crippen LogP contribution in [-0.2, 0) is 20.8 Å². The van der Waals surface area contributed by atoms with Gasteiger partial charge in [-0.3, -0.25) is 9.59 Å². The van der Waals surface area contributed by atoms with Crippen molar-refractivity contribution in [3.8, 4) is 0 Å². The maximum atomic E-state index is 12.2. The quantitative estimate of drug-likeness (QED) is 0.589. The van der Waals surface area contributed by atoms with Gasteiger partial charge in [0.2, 0.25) is 11.8 Å². The molecule has 1 rings (SSSR count). The Hall–Kier alpha value is -2.21. The predicted molar refractivity (Wildman–Crippen MR) is 84.0 cm³/mol. The second kappa shape index (κ2) is 8.94. The standard InChI is InChI=1S/C16H23N3O3/c1-11(2)14(16(22)18-8-9-20)19-15(21)13(17)10-12-6-4-3-5-7-12/h3-7,9,11,13-14H,8,10,17H2,1-2H3,(H,18,22)(H,19,21). The first kappa shape index (κ1) is 17.8. The Bertz CT molecular complexity index is 503. The number of hydrogen-bond acceptors (Lipinski definition) is 4. The summed E-state index contributed by atoms with van der Waals surface area (Å²) < 4.78 is 0. The molecule has 0 aliphatic carbocycles. The van der Waals surface area contributed by atoms with Gasteiger partial charge in [-0.15, -0.1) is 0 Å². The summed E-state index contributed by atoms with van der Waals surface area (Å²) >= 11 is 0. The van der Waals surface area contributed by atoms with E-state index in [1.165, 1.54) is 0 Å². The summed E-state index contributed by atoms with van der Waals surface area (Å²) in [5, 5.41) is 5.10. The van der Waals surface area contributed by atoms with E-state index in [0.717, 1.165) is 5.56 Å². The second-order valence-corrected chi connectivity index (χ2v) is 5.44. The smallest absolute Gasteiger partial charge is 0.243 e. The lowest BCUT2D eigenvalue weighted by molar-refractivity contribution is -0.131. The van der Waals surface area contributed by atoms with Crippen LogP contribution < -0.4 is 16.4 Å². The topological polar surface area (TPSA) is 101 Å². The Morgan fingerprint density at radius 1 is 1.18 bits per heavy atom. The zero-order chi connectivity index (χ0) is 16.5. The fraction of sp³-hybridized carbons (Fsp3) is 0.438. The highest BCUT2D eigenvalue weighted by Crippen LogP contribution is 2.05. The number of rotatable bonds is 8. The van der Waals surface area contributed by atoms with Crippen LogP contribution in [0.1, 0.15) is 19.4 Å². The first-order valence-corrected chi connectivity index (χ1v) is 7.27. The molecule has 4 N–H and O–H groups in total. The normalized spacial score (nSPS) is 13.3. The van der Waals surface area contributed by atoms with Crippen molar-refractivity contribution in [2.24, 2.45) is 11.7 Å². The van der Waals surface area contributed by atoms with Crippen LogP contribution in [0.5, 0.6) is 0 Å². The van der Waals surface area contributed by atoms with Gasteiger partial charge in [-0.05, 0) is 17.9 Å². The van der Waals surface area contributed by atoms with Crippen LogP contribution in [0.4, 0.5) is 0 Å². The Morgan fingerprint density at radius 2 is 1.82 bits per heavy atom. The van der Waals surface area contributed by atoms with Crippen LogP contribution in [0, 0.1) is 5.92 Å². The van der Waals surface area contributed by atoms with Crippen LogP contribution in [-0.4, -0.2) is 36.7 Å². The van der Waals surface area contributed by atoms with Crippen LogP contribution >= 0.6 is 0 Å². The molecular formula is C16H23N3O3. The van der Waals surface area contributed by atoms with E-state index in [1.807, 2.05) is 44.2 Å². The fourth-order valence-corrected chi connectivity index (χ4v) is 2.01. The van der Waals surface area contributed by atoms with Crippen molar-refractivity contribution >= 4 is 18.1 Å². The third-order valence-corrected chi connectivity index (χ3v) is 3.24. The van der Waals surface area contributed by atoms with E-state index >= 15 is 0 Å². The van der Waals surface area contributed by atoms with Gasteiger partial charge in [-0.2, -0.15) is 0 Å². The highest BCUT2D eigenvalue weighted by atomic mass is 16.2. The Labute approximate surface area is 130 Å². The van der Waals surface area contributed by atoms with E-state index in [9.17, 15) is 14.4 Å². The average molecular weight is 305 g/mol. The first-order chi connectivity index (χ1) is 10.5. The number of hydrogen-bond donors (Lipinski definition) is 3. The van der Waals surface area contributed by atoms with E-state index in [4.69, 9.17) is 5.73 Å². The zero-order valence-corrected chi connectivity index (χ0v) is 12.9. The van der Waals surface area contributed by atoms with Crippen molar-refractivity contribution in [1.29, 1.82) is 0 Å². The number of nitrogens with one attached hydrogen (secondary N) is 2. The van der Waals surface area contributed by atoms with Crippen molar-refractivity contribution < 1.29 is 14.4 Å². The number of amides is 2. The van der Waals surface area contributed by atoms with E-state index in [0.29, 0.717) is 12.7 Å². The molecule has 2 atom stereocenters. The summed E-state index contributed by atoms with van der Waals surface area (Å²) in [4.78, 5) is 34.4. The van der Waals surface area contributed by atoms with Gasteiger partial charge in [0.25, 0.3) is 0 Å². The van der Waals surface area contributed by atoms with Crippen molar-refractivity contribution in [3.63, 3.8) is 0 Å². The van der Waals surface area contributed by atoms with Crippen molar-refractivity contribution in [3.05, 3.63) is 35.9 Å². The van der Waals surface area contributed by atoms with Gasteiger partial charge in [-0.25, -0.2) is 0 Å². The van der Waals surface area contributed by atoms with E-state index in [-0.39, 0.29) is 24.3 Å². The molecule has 0 heterocycles. The van der Waals surface area contributed by atoms with Gasteiger partial charge in [0.1, 0.15) is 12.3 Å². The molecule has 0 radical (unpaired) electrons. The van der Waals surface area contributed by atoms with Gasteiger partial charge < -0.3 is 21.2 Å². The SMILES string of the molecule is CC(C)C(NC(=O)C(N)Cc1ccccc1)C(=O)NCC=O. The van der Waals surface area contributed by atoms with Gasteiger partial charge in [0.05, 0.1) is 12.6 Å². The lowest BCUT2D eigenvalue weighted by Crippen LogP contribution is -2.54. The number of benzene rings is 1. The minimum atomic E-state index is -0.734. The Morgan fingerprint density at radius 3 is 2.36 bits per heavy atom. The molecule has 6 heteroatoms. The third-order valence-electron chi connectivity index (χ3n) is 3.24. The lowest BCUT2D eigenvalue weighted by Gasteiger charge is -2.23. The molecule has 2 amide bonds. The molecule has 120 valence electrons. The van der Waals surface area contributed by atoms with Crippen molar-refractivity contribution in [2.75, 3.05) is 6.54 Å². The van der Waals surface area contributed by atoms with Gasteiger partial charge in [-0.1, -0.05) is 44.2 Å². The summed E-state index contributed by atoms with van der Waals surface area (Å²) in [7, 11) is 0. The van der Waals surface area contributed by atoms with Crippen LogP contribution in [0.3, 0.4) is 0 Å². The average Bonchev–Trinajstić information content (AvgIpc) is 2.50. The molecule has 0 aliphatic heterocycles. The highest BCUT2D eigenvalue weighted by Gasteiger charge is 2.26. The number of nitrogens with two attached hydrogens (primary N) is 1. The molecule has 0 spiro atoms. The fourth-order valence-electron chi connectivity index (χ4n) is 2.01. The second-order valence-electron chi connectivity index (χ2n) is 5.44. The summed E-state index contributed by atoms with van der Waals surface area (Å²) in [5.74, 6) is -0.884. The van der Waals surface area contributed by atoms with Crippen molar-refractivity contribution in [2.45, 2.75) is 32.4 Å². The third kappa shape index (κ3) is 5.65. The molecule has 0 fully saturated rings. The van der Waals surface area contributed by atoms with Crippen LogP contribution in [0.25, 0.3) is 0 Å². The molecule has 6 nitrogen and oxygen atoms in total. The Kier molecular flexibility index (Phi) is 7.25. The molecule has 0 saturated carbocycles. The minimum Gasteiger partial charge on any atom is -0.348 e. The maximum absolute atomic E-state index is 12.2. The molecular weight excluding hydrogens is 282 g/mol. The Balaban J connectivity index is 2.62. The summed E-state index contributed by atoms with van der Waals surface area (Å²) in [6.45, 7) is 3.55. The molecule has 0 saturated heterocycles.